The molecule has 0 bridgehead atoms. The van der Waals surface area contributed by atoms with Crippen LogP contribution in [0.25, 0.3) is 5.69 Å². The predicted molar refractivity (Wildman–Crippen MR) is 81.3 cm³/mol. The van der Waals surface area contributed by atoms with Crippen LogP contribution in [-0.4, -0.2) is 45.6 Å². The van der Waals surface area contributed by atoms with Crippen molar-refractivity contribution in [3.63, 3.8) is 0 Å². The molecule has 1 unspecified atom stereocenters. The summed E-state index contributed by atoms with van der Waals surface area (Å²) in [5, 5.41) is 12.3. The van der Waals surface area contributed by atoms with Crippen LogP contribution in [0, 0.1) is 0 Å². The van der Waals surface area contributed by atoms with Crippen molar-refractivity contribution >= 4 is 12.4 Å². The molecule has 0 saturated carbocycles. The molecule has 1 N–H and O–H groups in total. The smallest absolute Gasteiger partial charge is 0.0971 e. The minimum atomic E-state index is 0. The Hall–Kier alpha value is -1.43. The molecular formula is C14H20ClN5. The van der Waals surface area contributed by atoms with Crippen molar-refractivity contribution in [3.8, 4) is 5.69 Å². The monoisotopic (exact) mass is 293 g/mol. The predicted octanol–water partition coefficient (Wildman–Crippen LogP) is 1.48. The van der Waals surface area contributed by atoms with Gasteiger partial charge >= 0.3 is 0 Å². The van der Waals surface area contributed by atoms with Gasteiger partial charge in [0.1, 0.15) is 0 Å². The molecule has 3 rings (SSSR count). The number of para-hydroxylation sites is 1. The van der Waals surface area contributed by atoms with E-state index in [1.807, 2.05) is 36.5 Å². The van der Waals surface area contributed by atoms with E-state index in [1.165, 1.54) is 0 Å². The van der Waals surface area contributed by atoms with Crippen molar-refractivity contribution in [1.82, 2.24) is 25.2 Å². The van der Waals surface area contributed by atoms with Gasteiger partial charge in [-0.3, -0.25) is 4.90 Å². The lowest BCUT2D eigenvalue weighted by Crippen LogP contribution is -2.48. The summed E-state index contributed by atoms with van der Waals surface area (Å²) in [6.07, 6.45) is 1.86. The number of hydrogen-bond acceptors (Lipinski definition) is 4. The van der Waals surface area contributed by atoms with E-state index in [-0.39, 0.29) is 12.4 Å². The largest absolute Gasteiger partial charge is 0.312 e. The Morgan fingerprint density at radius 1 is 1.30 bits per heavy atom. The normalized spacial score (nSPS) is 19.6. The van der Waals surface area contributed by atoms with Gasteiger partial charge in [-0.25, -0.2) is 0 Å². The molecule has 0 aliphatic carbocycles. The molecule has 1 atom stereocenters. The molecule has 1 aliphatic rings. The molecule has 0 amide bonds. The zero-order chi connectivity index (χ0) is 13.1. The summed E-state index contributed by atoms with van der Waals surface area (Å²) in [5.74, 6) is 0. The van der Waals surface area contributed by atoms with E-state index >= 15 is 0 Å². The van der Waals surface area contributed by atoms with Gasteiger partial charge in [-0.1, -0.05) is 18.2 Å². The van der Waals surface area contributed by atoms with Crippen molar-refractivity contribution in [2.45, 2.75) is 19.5 Å². The van der Waals surface area contributed by atoms with Crippen LogP contribution in [0.3, 0.4) is 0 Å². The summed E-state index contributed by atoms with van der Waals surface area (Å²) in [6, 6.07) is 10.6. The van der Waals surface area contributed by atoms with Crippen LogP contribution < -0.4 is 5.32 Å². The third kappa shape index (κ3) is 3.56. The third-order valence-electron chi connectivity index (χ3n) is 3.36. The standard InChI is InChI=1S/C14H19N5.ClH/c1-12-10-18(8-7-15-12)11-13-9-16-19(17-13)14-5-3-2-4-6-14;/h2-6,9,12,15H,7-8,10-11H2,1H3;1H. The van der Waals surface area contributed by atoms with E-state index in [1.54, 1.807) is 4.80 Å². The molecule has 20 heavy (non-hydrogen) atoms. The Bertz CT molecular complexity index is 527. The second-order valence-electron chi connectivity index (χ2n) is 5.05. The van der Waals surface area contributed by atoms with Gasteiger partial charge in [-0.15, -0.1) is 12.4 Å². The number of benzene rings is 1. The lowest BCUT2D eigenvalue weighted by atomic mass is 10.2. The molecule has 5 nitrogen and oxygen atoms in total. The van der Waals surface area contributed by atoms with Crippen LogP contribution in [0.5, 0.6) is 0 Å². The van der Waals surface area contributed by atoms with Gasteiger partial charge in [0.25, 0.3) is 0 Å². The van der Waals surface area contributed by atoms with Gasteiger partial charge in [0.2, 0.25) is 0 Å². The summed E-state index contributed by atoms with van der Waals surface area (Å²) in [5.41, 5.74) is 2.03. The second kappa shape index (κ2) is 6.83. The SMILES string of the molecule is CC1CN(Cc2cnn(-c3ccccc3)n2)CCN1.Cl. The maximum atomic E-state index is 4.54. The summed E-state index contributed by atoms with van der Waals surface area (Å²) in [7, 11) is 0. The summed E-state index contributed by atoms with van der Waals surface area (Å²) in [4.78, 5) is 4.11. The Morgan fingerprint density at radius 3 is 2.85 bits per heavy atom. The second-order valence-corrected chi connectivity index (χ2v) is 5.05. The first-order valence-corrected chi connectivity index (χ1v) is 6.73. The van der Waals surface area contributed by atoms with Crippen LogP contribution in [-0.2, 0) is 6.54 Å². The summed E-state index contributed by atoms with van der Waals surface area (Å²) < 4.78 is 0. The molecule has 2 aromatic rings. The van der Waals surface area contributed by atoms with E-state index in [4.69, 9.17) is 0 Å². The van der Waals surface area contributed by atoms with Gasteiger partial charge in [-0.2, -0.15) is 15.0 Å². The average molecular weight is 294 g/mol. The Labute approximate surface area is 125 Å². The molecule has 1 fully saturated rings. The number of aromatic nitrogens is 3. The van der Waals surface area contributed by atoms with E-state index < -0.39 is 0 Å². The van der Waals surface area contributed by atoms with Crippen molar-refractivity contribution in [2.24, 2.45) is 0 Å². The lowest BCUT2D eigenvalue weighted by molar-refractivity contribution is 0.197. The fraction of sp³-hybridized carbons (Fsp3) is 0.429. The van der Waals surface area contributed by atoms with Gasteiger partial charge in [0.15, 0.2) is 0 Å². The van der Waals surface area contributed by atoms with E-state index in [2.05, 4.69) is 27.3 Å². The summed E-state index contributed by atoms with van der Waals surface area (Å²) >= 11 is 0. The molecule has 1 saturated heterocycles. The Balaban J connectivity index is 0.00000147. The van der Waals surface area contributed by atoms with Crippen LogP contribution in [0.15, 0.2) is 36.5 Å². The Morgan fingerprint density at radius 2 is 2.10 bits per heavy atom. The number of nitrogens with zero attached hydrogens (tertiary/aromatic N) is 4. The fourth-order valence-electron chi connectivity index (χ4n) is 2.44. The molecular weight excluding hydrogens is 274 g/mol. The highest BCUT2D eigenvalue weighted by Gasteiger charge is 2.16. The first-order chi connectivity index (χ1) is 9.31. The molecule has 108 valence electrons. The van der Waals surface area contributed by atoms with Crippen LogP contribution in [0.2, 0.25) is 0 Å². The highest BCUT2D eigenvalue weighted by molar-refractivity contribution is 5.85. The maximum absolute atomic E-state index is 4.54. The fourth-order valence-corrected chi connectivity index (χ4v) is 2.44. The molecule has 6 heteroatoms. The van der Waals surface area contributed by atoms with E-state index in [9.17, 15) is 0 Å². The van der Waals surface area contributed by atoms with Crippen molar-refractivity contribution in [1.29, 1.82) is 0 Å². The van der Waals surface area contributed by atoms with Gasteiger partial charge in [0, 0.05) is 32.2 Å². The quantitative estimate of drug-likeness (QED) is 0.931. The molecule has 1 aromatic heterocycles. The molecule has 1 aromatic carbocycles. The summed E-state index contributed by atoms with van der Waals surface area (Å²) in [6.45, 7) is 6.28. The van der Waals surface area contributed by atoms with Crippen molar-refractivity contribution in [2.75, 3.05) is 19.6 Å². The van der Waals surface area contributed by atoms with Crippen molar-refractivity contribution < 1.29 is 0 Å². The zero-order valence-electron chi connectivity index (χ0n) is 11.6. The first kappa shape index (κ1) is 15.0. The third-order valence-corrected chi connectivity index (χ3v) is 3.36. The average Bonchev–Trinajstić information content (AvgIpc) is 2.88. The highest BCUT2D eigenvalue weighted by Crippen LogP contribution is 2.07. The minimum absolute atomic E-state index is 0. The number of nitrogens with one attached hydrogen (secondary N) is 1. The van der Waals surface area contributed by atoms with Gasteiger partial charge in [-0.05, 0) is 19.1 Å². The molecule has 0 radical (unpaired) electrons. The molecule has 0 spiro atoms. The number of hydrogen-bond donors (Lipinski definition) is 1. The minimum Gasteiger partial charge on any atom is -0.312 e. The van der Waals surface area contributed by atoms with Gasteiger partial charge in [0.05, 0.1) is 17.6 Å². The van der Waals surface area contributed by atoms with Crippen LogP contribution >= 0.6 is 12.4 Å². The number of rotatable bonds is 3. The zero-order valence-corrected chi connectivity index (χ0v) is 12.4. The van der Waals surface area contributed by atoms with E-state index in [0.29, 0.717) is 6.04 Å². The molecule has 2 heterocycles. The van der Waals surface area contributed by atoms with Gasteiger partial charge < -0.3 is 5.32 Å². The number of piperazine rings is 1. The molecule has 1 aliphatic heterocycles. The highest BCUT2D eigenvalue weighted by atomic mass is 35.5. The number of halogens is 1. The van der Waals surface area contributed by atoms with Crippen molar-refractivity contribution in [3.05, 3.63) is 42.2 Å². The van der Waals surface area contributed by atoms with Crippen LogP contribution in [0.4, 0.5) is 0 Å². The topological polar surface area (TPSA) is 46.0 Å². The maximum Gasteiger partial charge on any atom is 0.0971 e. The van der Waals surface area contributed by atoms with Crippen LogP contribution in [0.1, 0.15) is 12.6 Å². The lowest BCUT2D eigenvalue weighted by Gasteiger charge is -2.31. The van der Waals surface area contributed by atoms with E-state index in [0.717, 1.165) is 37.6 Å². The first-order valence-electron chi connectivity index (χ1n) is 6.73. The Kier molecular flexibility index (Phi) is 5.11.